The molecule has 0 atom stereocenters. The summed E-state index contributed by atoms with van der Waals surface area (Å²) in [7, 11) is 0. The molecule has 0 fully saturated rings. The molecule has 1 aromatic carbocycles. The molecule has 1 heterocycles. The highest BCUT2D eigenvalue weighted by atomic mass is 79.9. The molecule has 0 bridgehead atoms. The molecule has 0 saturated heterocycles. The topological polar surface area (TPSA) is 28.7 Å². The predicted molar refractivity (Wildman–Crippen MR) is 56.0 cm³/mol. The lowest BCUT2D eigenvalue weighted by Gasteiger charge is -1.98. The lowest BCUT2D eigenvalue weighted by Crippen LogP contribution is -1.81. The molecule has 1 N–H and O–H groups in total. The van der Waals surface area contributed by atoms with Gasteiger partial charge in [-0.15, -0.1) is 12.6 Å². The van der Waals surface area contributed by atoms with Gasteiger partial charge in [-0.3, -0.25) is 0 Å². The summed E-state index contributed by atoms with van der Waals surface area (Å²) in [4.78, 5) is 8.21. The number of imidazole rings is 1. The fraction of sp³-hybridized carbons (Fsp3) is 0.125. The van der Waals surface area contributed by atoms with Crippen molar-refractivity contribution in [2.24, 2.45) is 0 Å². The standard InChI is InChI=1S/C8H7BrN2S/c9-3-5-1-2-6(12)8-7(5)10-4-11-8/h1-2,4,12H,3H2,(H,10,11). The number of rotatable bonds is 1. The van der Waals surface area contributed by atoms with Gasteiger partial charge >= 0.3 is 0 Å². The maximum atomic E-state index is 4.32. The number of nitrogens with zero attached hydrogens (tertiary/aromatic N) is 1. The van der Waals surface area contributed by atoms with Crippen molar-refractivity contribution in [3.8, 4) is 0 Å². The molecule has 12 heavy (non-hydrogen) atoms. The van der Waals surface area contributed by atoms with Gasteiger partial charge in [0.15, 0.2) is 0 Å². The minimum absolute atomic E-state index is 0.822. The van der Waals surface area contributed by atoms with Crippen molar-refractivity contribution in [2.75, 3.05) is 0 Å². The van der Waals surface area contributed by atoms with Crippen molar-refractivity contribution in [3.63, 3.8) is 0 Å². The van der Waals surface area contributed by atoms with Crippen LogP contribution in [0.3, 0.4) is 0 Å². The van der Waals surface area contributed by atoms with E-state index in [1.54, 1.807) is 6.33 Å². The molecule has 2 rings (SSSR count). The zero-order valence-corrected chi connectivity index (χ0v) is 8.69. The first-order valence-electron chi connectivity index (χ1n) is 3.53. The highest BCUT2D eigenvalue weighted by Crippen LogP contribution is 2.23. The Balaban J connectivity index is 2.82. The molecule has 1 aromatic heterocycles. The summed E-state index contributed by atoms with van der Waals surface area (Å²) in [6, 6.07) is 4.00. The number of hydrogen-bond acceptors (Lipinski definition) is 2. The van der Waals surface area contributed by atoms with Gasteiger partial charge in [0, 0.05) is 10.2 Å². The summed E-state index contributed by atoms with van der Waals surface area (Å²) in [5, 5.41) is 0.822. The van der Waals surface area contributed by atoms with Crippen LogP contribution < -0.4 is 0 Å². The van der Waals surface area contributed by atoms with Gasteiger partial charge in [0.05, 0.1) is 17.4 Å². The number of benzene rings is 1. The maximum Gasteiger partial charge on any atom is 0.0934 e. The minimum atomic E-state index is 0.822. The average Bonchev–Trinajstić information content (AvgIpc) is 2.54. The van der Waals surface area contributed by atoms with Gasteiger partial charge < -0.3 is 4.98 Å². The molecule has 0 aliphatic carbocycles. The van der Waals surface area contributed by atoms with Crippen LogP contribution in [0.1, 0.15) is 5.56 Å². The second-order valence-corrected chi connectivity index (χ2v) is 3.55. The number of halogens is 1. The molecule has 0 unspecified atom stereocenters. The molecule has 0 amide bonds. The summed E-state index contributed by atoms with van der Waals surface area (Å²) >= 11 is 7.72. The summed E-state index contributed by atoms with van der Waals surface area (Å²) < 4.78 is 0. The van der Waals surface area contributed by atoms with E-state index in [-0.39, 0.29) is 0 Å². The van der Waals surface area contributed by atoms with Crippen LogP contribution in [0, 0.1) is 0 Å². The van der Waals surface area contributed by atoms with Crippen LogP contribution in [0.4, 0.5) is 0 Å². The van der Waals surface area contributed by atoms with Crippen LogP contribution in [-0.4, -0.2) is 9.97 Å². The largest absolute Gasteiger partial charge is 0.344 e. The predicted octanol–water partition coefficient (Wildman–Crippen LogP) is 2.75. The van der Waals surface area contributed by atoms with Gasteiger partial charge in [0.25, 0.3) is 0 Å². The molecular weight excluding hydrogens is 236 g/mol. The van der Waals surface area contributed by atoms with E-state index in [4.69, 9.17) is 0 Å². The van der Waals surface area contributed by atoms with Gasteiger partial charge in [0.1, 0.15) is 0 Å². The fourth-order valence-electron chi connectivity index (χ4n) is 1.18. The second kappa shape index (κ2) is 3.11. The molecule has 0 radical (unpaired) electrons. The summed E-state index contributed by atoms with van der Waals surface area (Å²) in [5.74, 6) is 0. The van der Waals surface area contributed by atoms with Gasteiger partial charge in [-0.1, -0.05) is 22.0 Å². The molecule has 0 aliphatic rings. The van der Waals surface area contributed by atoms with E-state index in [1.807, 2.05) is 12.1 Å². The fourth-order valence-corrected chi connectivity index (χ4v) is 1.88. The van der Waals surface area contributed by atoms with Crippen molar-refractivity contribution in [1.29, 1.82) is 0 Å². The van der Waals surface area contributed by atoms with E-state index < -0.39 is 0 Å². The van der Waals surface area contributed by atoms with Crippen LogP contribution in [0.2, 0.25) is 0 Å². The normalized spacial score (nSPS) is 10.8. The van der Waals surface area contributed by atoms with Crippen LogP contribution in [-0.2, 0) is 5.33 Å². The van der Waals surface area contributed by atoms with Crippen molar-refractivity contribution in [1.82, 2.24) is 9.97 Å². The number of fused-ring (bicyclic) bond motifs is 1. The van der Waals surface area contributed by atoms with Crippen molar-refractivity contribution < 1.29 is 0 Å². The quantitative estimate of drug-likeness (QED) is 0.585. The third-order valence-corrected chi connectivity index (χ3v) is 2.76. The Kier molecular flexibility index (Phi) is 2.11. The number of aromatic nitrogens is 2. The number of aromatic amines is 1. The lowest BCUT2D eigenvalue weighted by atomic mass is 10.2. The van der Waals surface area contributed by atoms with Gasteiger partial charge in [0.2, 0.25) is 0 Å². The molecule has 4 heteroatoms. The van der Waals surface area contributed by atoms with Crippen LogP contribution in [0.15, 0.2) is 23.4 Å². The molecule has 2 aromatic rings. The molecular formula is C8H7BrN2S. The number of alkyl halides is 1. The van der Waals surface area contributed by atoms with Crippen molar-refractivity contribution in [2.45, 2.75) is 10.2 Å². The van der Waals surface area contributed by atoms with E-state index in [2.05, 4.69) is 38.5 Å². The van der Waals surface area contributed by atoms with E-state index in [1.165, 1.54) is 5.56 Å². The molecule has 2 nitrogen and oxygen atoms in total. The Bertz CT molecular complexity index is 410. The van der Waals surface area contributed by atoms with Crippen molar-refractivity contribution >= 4 is 39.6 Å². The summed E-state index contributed by atoms with van der Waals surface area (Å²) in [5.41, 5.74) is 3.19. The van der Waals surface area contributed by atoms with Gasteiger partial charge in [-0.2, -0.15) is 0 Å². The maximum absolute atomic E-state index is 4.32. The van der Waals surface area contributed by atoms with E-state index in [9.17, 15) is 0 Å². The number of thiol groups is 1. The van der Waals surface area contributed by atoms with Crippen LogP contribution in [0.25, 0.3) is 11.0 Å². The zero-order valence-electron chi connectivity index (χ0n) is 6.21. The molecule has 0 spiro atoms. The number of hydrogen-bond donors (Lipinski definition) is 2. The third kappa shape index (κ3) is 1.15. The molecule has 0 saturated carbocycles. The first-order valence-corrected chi connectivity index (χ1v) is 5.09. The second-order valence-electron chi connectivity index (χ2n) is 2.50. The minimum Gasteiger partial charge on any atom is -0.344 e. The Morgan fingerprint density at radius 3 is 3.08 bits per heavy atom. The summed E-state index contributed by atoms with van der Waals surface area (Å²) in [6.07, 6.45) is 1.69. The van der Waals surface area contributed by atoms with E-state index >= 15 is 0 Å². The SMILES string of the molecule is Sc1ccc(CBr)c2nc[nH]c12. The Labute approximate surface area is 83.9 Å². The number of H-pyrrole nitrogens is 1. The Hall–Kier alpha value is -0.480. The summed E-state index contributed by atoms with van der Waals surface area (Å²) in [6.45, 7) is 0. The monoisotopic (exact) mass is 242 g/mol. The number of nitrogens with one attached hydrogen (secondary N) is 1. The van der Waals surface area contributed by atoms with Gasteiger partial charge in [-0.05, 0) is 11.6 Å². The smallest absolute Gasteiger partial charge is 0.0934 e. The molecule has 62 valence electrons. The van der Waals surface area contributed by atoms with E-state index in [0.717, 1.165) is 21.3 Å². The van der Waals surface area contributed by atoms with Crippen LogP contribution in [0.5, 0.6) is 0 Å². The van der Waals surface area contributed by atoms with Crippen molar-refractivity contribution in [3.05, 3.63) is 24.0 Å². The van der Waals surface area contributed by atoms with E-state index in [0.29, 0.717) is 0 Å². The first kappa shape index (κ1) is 8.13. The first-order chi connectivity index (χ1) is 5.83. The Morgan fingerprint density at radius 2 is 2.33 bits per heavy atom. The highest BCUT2D eigenvalue weighted by Gasteiger charge is 2.04. The van der Waals surface area contributed by atoms with Gasteiger partial charge in [-0.25, -0.2) is 4.98 Å². The lowest BCUT2D eigenvalue weighted by molar-refractivity contribution is 1.33. The zero-order chi connectivity index (χ0) is 8.55. The Morgan fingerprint density at radius 1 is 1.50 bits per heavy atom. The third-order valence-electron chi connectivity index (χ3n) is 1.79. The highest BCUT2D eigenvalue weighted by molar-refractivity contribution is 9.08. The molecule has 0 aliphatic heterocycles. The van der Waals surface area contributed by atoms with Crippen LogP contribution >= 0.6 is 28.6 Å². The average molecular weight is 243 g/mol.